The second-order valence-electron chi connectivity index (χ2n) is 7.38. The largest absolute Gasteiger partial charge is 0.383 e. The summed E-state index contributed by atoms with van der Waals surface area (Å²) in [7, 11) is 3.57. The van der Waals surface area contributed by atoms with E-state index in [1.807, 2.05) is 53.4 Å². The molecule has 1 aliphatic rings. The van der Waals surface area contributed by atoms with Crippen LogP contribution >= 0.6 is 0 Å². The molecule has 32 heavy (non-hydrogen) atoms. The third kappa shape index (κ3) is 5.21. The molecule has 0 aliphatic carbocycles. The second kappa shape index (κ2) is 10.2. The van der Waals surface area contributed by atoms with Crippen LogP contribution in [0.1, 0.15) is 10.5 Å². The molecule has 4 rings (SSSR count). The van der Waals surface area contributed by atoms with Gasteiger partial charge in [-0.05, 0) is 24.3 Å². The maximum absolute atomic E-state index is 13.1. The highest BCUT2D eigenvalue weighted by Crippen LogP contribution is 2.20. The van der Waals surface area contributed by atoms with Gasteiger partial charge in [-0.25, -0.2) is 9.67 Å². The molecule has 0 saturated carbocycles. The summed E-state index contributed by atoms with van der Waals surface area (Å²) < 4.78 is 12.4. The van der Waals surface area contributed by atoms with Crippen molar-refractivity contribution in [3.05, 3.63) is 54.5 Å². The normalized spacial score (nSPS) is 13.8. The van der Waals surface area contributed by atoms with Gasteiger partial charge in [0.15, 0.2) is 0 Å². The molecular formula is C22H27N7O3. The maximum Gasteiger partial charge on any atom is 0.274 e. The van der Waals surface area contributed by atoms with Gasteiger partial charge in [0, 0.05) is 57.9 Å². The minimum absolute atomic E-state index is 0.297. The summed E-state index contributed by atoms with van der Waals surface area (Å²) in [4.78, 5) is 26.4. The van der Waals surface area contributed by atoms with Gasteiger partial charge in [-0.2, -0.15) is 10.1 Å². The summed E-state index contributed by atoms with van der Waals surface area (Å²) in [6.07, 6.45) is 3.56. The van der Waals surface area contributed by atoms with Gasteiger partial charge < -0.3 is 24.6 Å². The summed E-state index contributed by atoms with van der Waals surface area (Å²) in [6, 6.07) is 11.0. The SMILES string of the molecule is COCCN(C)c1cc(C(=O)Nc2cccc(-n3cccn3)c2)nc(N2CCOCC2)n1. The number of hydrogen-bond acceptors (Lipinski definition) is 8. The molecule has 3 aromatic rings. The molecule has 1 N–H and O–H groups in total. The Balaban J connectivity index is 1.59. The quantitative estimate of drug-likeness (QED) is 0.570. The van der Waals surface area contributed by atoms with E-state index in [1.165, 1.54) is 0 Å². The number of likely N-dealkylation sites (N-methyl/N-ethyl adjacent to an activating group) is 1. The topological polar surface area (TPSA) is 97.6 Å². The number of nitrogens with zero attached hydrogens (tertiary/aromatic N) is 6. The number of benzene rings is 1. The van der Waals surface area contributed by atoms with Gasteiger partial charge in [0.1, 0.15) is 11.5 Å². The molecule has 10 nitrogen and oxygen atoms in total. The molecule has 0 spiro atoms. The average Bonchev–Trinajstić information content (AvgIpc) is 3.38. The van der Waals surface area contributed by atoms with Crippen LogP contribution in [0.3, 0.4) is 0 Å². The number of ether oxygens (including phenoxy) is 2. The van der Waals surface area contributed by atoms with Crippen LogP contribution in [0.5, 0.6) is 0 Å². The van der Waals surface area contributed by atoms with E-state index >= 15 is 0 Å². The Hall–Kier alpha value is -3.50. The third-order valence-corrected chi connectivity index (χ3v) is 5.12. The first-order valence-corrected chi connectivity index (χ1v) is 10.5. The number of methoxy groups -OCH3 is 1. The number of carbonyl (C=O) groups excluding carboxylic acids is 1. The molecule has 1 amide bonds. The van der Waals surface area contributed by atoms with E-state index in [0.717, 1.165) is 5.69 Å². The number of anilines is 3. The van der Waals surface area contributed by atoms with Gasteiger partial charge in [0.2, 0.25) is 5.95 Å². The zero-order valence-corrected chi connectivity index (χ0v) is 18.3. The Labute approximate surface area is 186 Å². The molecule has 1 saturated heterocycles. The predicted octanol–water partition coefficient (Wildman–Crippen LogP) is 1.83. The fourth-order valence-electron chi connectivity index (χ4n) is 3.32. The van der Waals surface area contributed by atoms with Gasteiger partial charge in [-0.3, -0.25) is 4.79 Å². The number of amides is 1. The Kier molecular flexibility index (Phi) is 6.93. The van der Waals surface area contributed by atoms with Gasteiger partial charge in [0.25, 0.3) is 5.91 Å². The Morgan fingerprint density at radius 3 is 2.81 bits per heavy atom. The number of rotatable bonds is 8. The van der Waals surface area contributed by atoms with E-state index in [-0.39, 0.29) is 5.91 Å². The van der Waals surface area contributed by atoms with Gasteiger partial charge in [-0.15, -0.1) is 0 Å². The van der Waals surface area contributed by atoms with Crippen LogP contribution < -0.4 is 15.1 Å². The van der Waals surface area contributed by atoms with Crippen LogP contribution in [0.4, 0.5) is 17.5 Å². The lowest BCUT2D eigenvalue weighted by Gasteiger charge is -2.28. The molecule has 1 aromatic carbocycles. The van der Waals surface area contributed by atoms with Crippen LogP contribution in [0.15, 0.2) is 48.8 Å². The minimum atomic E-state index is -0.305. The highest BCUT2D eigenvalue weighted by Gasteiger charge is 2.20. The van der Waals surface area contributed by atoms with Crippen LogP contribution in [-0.4, -0.2) is 79.3 Å². The Morgan fingerprint density at radius 1 is 1.22 bits per heavy atom. The van der Waals surface area contributed by atoms with Crippen LogP contribution in [-0.2, 0) is 9.47 Å². The third-order valence-electron chi connectivity index (χ3n) is 5.12. The zero-order valence-electron chi connectivity index (χ0n) is 18.3. The highest BCUT2D eigenvalue weighted by atomic mass is 16.5. The summed E-state index contributed by atoms with van der Waals surface area (Å²) in [5, 5.41) is 7.18. The zero-order chi connectivity index (χ0) is 22.3. The van der Waals surface area contributed by atoms with E-state index in [9.17, 15) is 4.79 Å². The Bertz CT molecular complexity index is 1040. The van der Waals surface area contributed by atoms with E-state index in [0.29, 0.717) is 62.6 Å². The lowest BCUT2D eigenvalue weighted by molar-refractivity contribution is 0.102. The van der Waals surface area contributed by atoms with Crippen molar-refractivity contribution < 1.29 is 14.3 Å². The van der Waals surface area contributed by atoms with Crippen molar-refractivity contribution in [2.75, 3.05) is 68.7 Å². The number of carbonyl (C=O) groups is 1. The van der Waals surface area contributed by atoms with Gasteiger partial charge >= 0.3 is 0 Å². The average molecular weight is 438 g/mol. The van der Waals surface area contributed by atoms with Crippen molar-refractivity contribution in [1.82, 2.24) is 19.7 Å². The summed E-state index contributed by atoms with van der Waals surface area (Å²) >= 11 is 0. The first kappa shape index (κ1) is 21.7. The van der Waals surface area contributed by atoms with Crippen LogP contribution in [0.25, 0.3) is 5.69 Å². The Morgan fingerprint density at radius 2 is 2.06 bits per heavy atom. The smallest absolute Gasteiger partial charge is 0.274 e. The van der Waals surface area contributed by atoms with E-state index < -0.39 is 0 Å². The standard InChI is InChI=1S/C22H27N7O3/c1-27(9-12-31-2)20-16-19(25-22(26-20)28-10-13-32-14-11-28)21(30)24-17-5-3-6-18(15-17)29-8-4-7-23-29/h3-8,15-16H,9-14H2,1-2H3,(H,24,30). The first-order valence-electron chi connectivity index (χ1n) is 10.5. The first-order chi connectivity index (χ1) is 15.6. The number of morpholine rings is 1. The molecule has 2 aromatic heterocycles. The van der Waals surface area contributed by atoms with E-state index in [4.69, 9.17) is 9.47 Å². The molecule has 0 bridgehead atoms. The van der Waals surface area contributed by atoms with Gasteiger partial charge in [0.05, 0.1) is 25.5 Å². The minimum Gasteiger partial charge on any atom is -0.383 e. The molecule has 3 heterocycles. The van der Waals surface area contributed by atoms with Crippen LogP contribution in [0.2, 0.25) is 0 Å². The van der Waals surface area contributed by atoms with Crippen molar-refractivity contribution in [3.8, 4) is 5.69 Å². The molecule has 168 valence electrons. The van der Waals surface area contributed by atoms with Crippen molar-refractivity contribution in [1.29, 1.82) is 0 Å². The molecule has 10 heteroatoms. The van der Waals surface area contributed by atoms with Crippen molar-refractivity contribution >= 4 is 23.4 Å². The highest BCUT2D eigenvalue weighted by molar-refractivity contribution is 6.03. The molecular weight excluding hydrogens is 410 g/mol. The maximum atomic E-state index is 13.1. The summed E-state index contributed by atoms with van der Waals surface area (Å²) in [5.41, 5.74) is 1.80. The molecule has 0 unspecified atom stereocenters. The second-order valence-corrected chi connectivity index (χ2v) is 7.38. The fourth-order valence-corrected chi connectivity index (χ4v) is 3.32. The number of nitrogens with one attached hydrogen (secondary N) is 1. The number of hydrogen-bond donors (Lipinski definition) is 1. The summed E-state index contributed by atoms with van der Waals surface area (Å²) in [6.45, 7) is 3.76. The number of aromatic nitrogens is 4. The predicted molar refractivity (Wildman–Crippen MR) is 122 cm³/mol. The molecule has 1 fully saturated rings. The van der Waals surface area contributed by atoms with Crippen molar-refractivity contribution in [2.45, 2.75) is 0 Å². The van der Waals surface area contributed by atoms with Crippen LogP contribution in [0, 0.1) is 0 Å². The van der Waals surface area contributed by atoms with E-state index in [2.05, 4.69) is 20.4 Å². The van der Waals surface area contributed by atoms with Crippen molar-refractivity contribution in [3.63, 3.8) is 0 Å². The molecule has 1 aliphatic heterocycles. The molecule has 0 radical (unpaired) electrons. The van der Waals surface area contributed by atoms with Crippen molar-refractivity contribution in [2.24, 2.45) is 0 Å². The lowest BCUT2D eigenvalue weighted by atomic mass is 10.2. The fraction of sp³-hybridized carbons (Fsp3) is 0.364. The summed E-state index contributed by atoms with van der Waals surface area (Å²) in [5.74, 6) is 0.875. The van der Waals surface area contributed by atoms with Gasteiger partial charge in [-0.1, -0.05) is 6.07 Å². The monoisotopic (exact) mass is 437 g/mol. The lowest BCUT2D eigenvalue weighted by Crippen LogP contribution is -2.38. The molecule has 0 atom stereocenters. The van der Waals surface area contributed by atoms with E-state index in [1.54, 1.807) is 24.1 Å².